The number of aromatic amines is 1. The van der Waals surface area contributed by atoms with Gasteiger partial charge in [0.05, 0.1) is 16.7 Å². The maximum atomic E-state index is 11.7. The van der Waals surface area contributed by atoms with Crippen molar-refractivity contribution in [2.45, 2.75) is 0 Å². The first-order valence-corrected chi connectivity index (χ1v) is 4.83. The highest BCUT2D eigenvalue weighted by Gasteiger charge is 2.18. The molecule has 0 saturated heterocycles. The lowest BCUT2D eigenvalue weighted by molar-refractivity contribution is -0.134. The van der Waals surface area contributed by atoms with Gasteiger partial charge in [0.25, 0.3) is 0 Å². The van der Waals surface area contributed by atoms with E-state index in [1.807, 2.05) is 24.3 Å². The van der Waals surface area contributed by atoms with Crippen LogP contribution in [0.25, 0.3) is 16.7 Å². The van der Waals surface area contributed by atoms with Gasteiger partial charge in [-0.1, -0.05) is 12.1 Å². The molecule has 1 aromatic heterocycles. The number of imidazole rings is 1. The number of H-pyrrole nitrogens is 1. The number of ether oxygens (including phenoxy) is 1. The van der Waals surface area contributed by atoms with E-state index < -0.39 is 5.97 Å². The Bertz CT molecular complexity index is 663. The van der Waals surface area contributed by atoms with Gasteiger partial charge in [-0.2, -0.15) is 0 Å². The third kappa shape index (κ3) is 1.18. The Kier molecular flexibility index (Phi) is 1.73. The Morgan fingerprint density at radius 2 is 2.06 bits per heavy atom. The number of hydrogen-bond donors (Lipinski definition) is 1. The van der Waals surface area contributed by atoms with Crippen molar-refractivity contribution in [1.82, 2.24) is 9.55 Å². The van der Waals surface area contributed by atoms with Crippen molar-refractivity contribution in [3.8, 4) is 0 Å². The minimum Gasteiger partial charge on any atom is -0.456 e. The Morgan fingerprint density at radius 1 is 1.25 bits per heavy atom. The van der Waals surface area contributed by atoms with Gasteiger partial charge in [0.15, 0.2) is 0 Å². The third-order valence-corrected chi connectivity index (χ3v) is 2.52. The van der Waals surface area contributed by atoms with E-state index in [1.54, 1.807) is 0 Å². The first-order valence-electron chi connectivity index (χ1n) is 4.83. The van der Waals surface area contributed by atoms with Crippen molar-refractivity contribution in [1.29, 1.82) is 0 Å². The molecule has 0 saturated carbocycles. The van der Waals surface area contributed by atoms with Crippen molar-refractivity contribution >= 4 is 22.7 Å². The average molecular weight is 216 g/mol. The number of aromatic nitrogens is 2. The second-order valence-electron chi connectivity index (χ2n) is 3.53. The van der Waals surface area contributed by atoms with Crippen LogP contribution in [0.2, 0.25) is 0 Å². The van der Waals surface area contributed by atoms with Gasteiger partial charge >= 0.3 is 11.7 Å². The molecule has 0 bridgehead atoms. The molecule has 1 aromatic carbocycles. The molecule has 0 spiro atoms. The highest BCUT2D eigenvalue weighted by atomic mass is 16.5. The number of benzene rings is 1. The largest absolute Gasteiger partial charge is 0.456 e. The quantitative estimate of drug-likeness (QED) is 0.714. The van der Waals surface area contributed by atoms with Crippen molar-refractivity contribution in [3.63, 3.8) is 0 Å². The van der Waals surface area contributed by atoms with Gasteiger partial charge in [-0.3, -0.25) is 4.57 Å². The van der Waals surface area contributed by atoms with Gasteiger partial charge in [-0.15, -0.1) is 0 Å². The number of rotatable bonds is 1. The molecule has 80 valence electrons. The van der Waals surface area contributed by atoms with E-state index >= 15 is 0 Å². The van der Waals surface area contributed by atoms with Gasteiger partial charge < -0.3 is 9.72 Å². The minimum absolute atomic E-state index is 0.139. The monoisotopic (exact) mass is 216 g/mol. The van der Waals surface area contributed by atoms with E-state index in [0.717, 1.165) is 11.0 Å². The highest BCUT2D eigenvalue weighted by molar-refractivity contribution is 5.93. The Morgan fingerprint density at radius 3 is 2.81 bits per heavy atom. The smallest absolute Gasteiger partial charge is 0.333 e. The maximum Gasteiger partial charge on any atom is 0.333 e. The first-order chi connectivity index (χ1) is 7.75. The number of carbonyl (C=O) groups excluding carboxylic acids is 1. The number of cyclic esters (lactones) is 1. The van der Waals surface area contributed by atoms with Crippen LogP contribution in [0.1, 0.15) is 0 Å². The molecule has 1 N–H and O–H groups in total. The van der Waals surface area contributed by atoms with Crippen molar-refractivity contribution in [2.75, 3.05) is 6.61 Å². The van der Waals surface area contributed by atoms with Crippen LogP contribution in [-0.4, -0.2) is 22.1 Å². The van der Waals surface area contributed by atoms with E-state index in [1.165, 1.54) is 10.6 Å². The molecule has 5 heteroatoms. The lowest BCUT2D eigenvalue weighted by atomic mass is 10.3. The van der Waals surface area contributed by atoms with Crippen molar-refractivity contribution < 1.29 is 9.53 Å². The summed E-state index contributed by atoms with van der Waals surface area (Å²) in [6.45, 7) is 0.139. The standard InChI is InChI=1S/C11H8N2O3/c14-10-5-7(6-16-10)13-9-4-2-1-3-8(9)12-11(13)15/h1-5H,6H2,(H,12,15). The number of nitrogens with zero attached hydrogens (tertiary/aromatic N) is 1. The Hall–Kier alpha value is -2.30. The van der Waals surface area contributed by atoms with E-state index in [0.29, 0.717) is 5.70 Å². The molecular formula is C11H8N2O3. The summed E-state index contributed by atoms with van der Waals surface area (Å²) >= 11 is 0. The third-order valence-electron chi connectivity index (χ3n) is 2.52. The van der Waals surface area contributed by atoms with Crippen LogP contribution < -0.4 is 5.69 Å². The van der Waals surface area contributed by atoms with Crippen LogP contribution in [0.3, 0.4) is 0 Å². The fraction of sp³-hybridized carbons (Fsp3) is 0.0909. The second kappa shape index (κ2) is 3.10. The van der Waals surface area contributed by atoms with Crippen LogP contribution in [0.4, 0.5) is 0 Å². The molecule has 0 radical (unpaired) electrons. The van der Waals surface area contributed by atoms with Crippen LogP contribution in [0.5, 0.6) is 0 Å². The fourth-order valence-corrected chi connectivity index (χ4v) is 1.83. The summed E-state index contributed by atoms with van der Waals surface area (Å²) in [4.78, 5) is 25.4. The van der Waals surface area contributed by atoms with Crippen LogP contribution in [0.15, 0.2) is 35.1 Å². The second-order valence-corrected chi connectivity index (χ2v) is 3.53. The number of para-hydroxylation sites is 2. The number of esters is 1. The fourth-order valence-electron chi connectivity index (χ4n) is 1.83. The number of nitrogens with one attached hydrogen (secondary N) is 1. The SMILES string of the molecule is O=C1C=C(n2c(=O)[nH]c3ccccc32)CO1. The molecule has 5 nitrogen and oxygen atoms in total. The van der Waals surface area contributed by atoms with Gasteiger partial charge in [0.1, 0.15) is 6.61 Å². The zero-order valence-corrected chi connectivity index (χ0v) is 8.27. The number of hydrogen-bond acceptors (Lipinski definition) is 3. The average Bonchev–Trinajstić information content (AvgIpc) is 2.80. The molecule has 0 unspecified atom stereocenters. The summed E-state index contributed by atoms with van der Waals surface area (Å²) in [6.07, 6.45) is 1.34. The van der Waals surface area contributed by atoms with E-state index in [-0.39, 0.29) is 12.3 Å². The molecule has 2 aromatic rings. The van der Waals surface area contributed by atoms with Crippen molar-refractivity contribution in [3.05, 3.63) is 40.8 Å². The van der Waals surface area contributed by atoms with Gasteiger partial charge in [0, 0.05) is 6.08 Å². The lowest BCUT2D eigenvalue weighted by Crippen LogP contribution is -2.16. The maximum absolute atomic E-state index is 11.7. The number of carbonyl (C=O) groups is 1. The molecule has 0 atom stereocenters. The van der Waals surface area contributed by atoms with Crippen molar-refractivity contribution in [2.24, 2.45) is 0 Å². The predicted octanol–water partition coefficient (Wildman–Crippen LogP) is 0.727. The summed E-state index contributed by atoms with van der Waals surface area (Å²) in [5, 5.41) is 0. The summed E-state index contributed by atoms with van der Waals surface area (Å²) in [7, 11) is 0. The van der Waals surface area contributed by atoms with Crippen LogP contribution in [0, 0.1) is 0 Å². The molecule has 0 aliphatic carbocycles. The Balaban J connectivity index is 2.31. The summed E-state index contributed by atoms with van der Waals surface area (Å²) in [5.74, 6) is -0.410. The van der Waals surface area contributed by atoms with E-state index in [2.05, 4.69) is 4.98 Å². The molecule has 1 aliphatic heterocycles. The zero-order valence-electron chi connectivity index (χ0n) is 8.27. The van der Waals surface area contributed by atoms with Crippen LogP contribution in [-0.2, 0) is 9.53 Å². The normalized spacial score (nSPS) is 15.2. The molecule has 0 amide bonds. The minimum atomic E-state index is -0.410. The molecular weight excluding hydrogens is 208 g/mol. The zero-order chi connectivity index (χ0) is 11.1. The van der Waals surface area contributed by atoms with Gasteiger partial charge in [0.2, 0.25) is 0 Å². The Labute approximate surface area is 90.0 Å². The predicted molar refractivity (Wildman–Crippen MR) is 57.8 cm³/mol. The summed E-state index contributed by atoms with van der Waals surface area (Å²) in [6, 6.07) is 7.31. The van der Waals surface area contributed by atoms with E-state index in [9.17, 15) is 9.59 Å². The lowest BCUT2D eigenvalue weighted by Gasteiger charge is -2.01. The topological polar surface area (TPSA) is 64.1 Å². The first kappa shape index (κ1) is 8.96. The van der Waals surface area contributed by atoms with Gasteiger partial charge in [-0.25, -0.2) is 9.59 Å². The summed E-state index contributed by atoms with van der Waals surface area (Å²) in [5.41, 5.74) is 1.79. The van der Waals surface area contributed by atoms with E-state index in [4.69, 9.17) is 4.74 Å². The molecule has 16 heavy (non-hydrogen) atoms. The van der Waals surface area contributed by atoms with Crippen LogP contribution >= 0.6 is 0 Å². The molecule has 1 aliphatic rings. The summed E-state index contributed by atoms with van der Waals surface area (Å²) < 4.78 is 6.25. The number of fused-ring (bicyclic) bond motifs is 1. The molecule has 2 heterocycles. The molecule has 0 fully saturated rings. The van der Waals surface area contributed by atoms with Gasteiger partial charge in [-0.05, 0) is 12.1 Å². The molecule has 3 rings (SSSR count). The highest BCUT2D eigenvalue weighted by Crippen LogP contribution is 2.17.